The summed E-state index contributed by atoms with van der Waals surface area (Å²) in [6, 6.07) is 20.4. The largest absolute Gasteiger partial charge is 0.534 e. The van der Waals surface area contributed by atoms with Gasteiger partial charge in [0.15, 0.2) is 0 Å². The number of alkyl halides is 3. The lowest BCUT2D eigenvalue weighted by molar-refractivity contribution is -0.0500. The molecule has 0 spiro atoms. The van der Waals surface area contributed by atoms with Crippen LogP contribution in [0, 0.1) is 0 Å². The average Bonchev–Trinajstić information content (AvgIpc) is 2.91. The highest BCUT2D eigenvalue weighted by Crippen LogP contribution is 2.34. The first-order chi connectivity index (χ1) is 18.1. The van der Waals surface area contributed by atoms with Crippen LogP contribution in [0.1, 0.15) is 5.56 Å². The van der Waals surface area contributed by atoms with Gasteiger partial charge in [-0.05, 0) is 41.5 Å². The topological polar surface area (TPSA) is 69.2 Å². The molecule has 0 aliphatic rings. The summed E-state index contributed by atoms with van der Waals surface area (Å²) in [5.74, 6) is -0.520. The Morgan fingerprint density at radius 3 is 1.92 bits per heavy atom. The van der Waals surface area contributed by atoms with E-state index in [1.54, 1.807) is 54.9 Å². The van der Waals surface area contributed by atoms with Crippen LogP contribution in [0.4, 0.5) is 13.2 Å². The van der Waals surface area contributed by atoms with E-state index in [0.717, 1.165) is 22.3 Å². The molecule has 38 heavy (non-hydrogen) atoms. The van der Waals surface area contributed by atoms with E-state index in [4.69, 9.17) is 0 Å². The zero-order valence-electron chi connectivity index (χ0n) is 19.9. The molecule has 0 aliphatic heterocycles. The van der Waals surface area contributed by atoms with Crippen LogP contribution in [-0.4, -0.2) is 23.9 Å². The molecule has 0 N–H and O–H groups in total. The van der Waals surface area contributed by atoms with Crippen LogP contribution < -0.4 is 4.18 Å². The standard InChI is InChI=1S/C29H21F3N2O3S/c1-3-8-20(4-2)22-11-13-27(33-18-22)24-15-25(17-26(16-24)37-38(35,36)29(30,31)32)28-14-12-23(19-34-28)21-9-6-5-7-10-21/h3-19H,1-2H2/b20-8+. The fourth-order valence-corrected chi connectivity index (χ4v) is 4.07. The number of hydrogen-bond donors (Lipinski definition) is 0. The fraction of sp³-hybridized carbons (Fsp3) is 0.0345. The normalized spacial score (nSPS) is 12.1. The first-order valence-corrected chi connectivity index (χ1v) is 12.6. The molecule has 192 valence electrons. The van der Waals surface area contributed by atoms with Gasteiger partial charge < -0.3 is 4.18 Å². The third-order valence-electron chi connectivity index (χ3n) is 5.47. The Morgan fingerprint density at radius 1 is 0.789 bits per heavy atom. The highest BCUT2D eigenvalue weighted by molar-refractivity contribution is 7.88. The van der Waals surface area contributed by atoms with E-state index in [1.807, 2.05) is 36.4 Å². The molecule has 2 aromatic carbocycles. The highest BCUT2D eigenvalue weighted by atomic mass is 32.2. The van der Waals surface area contributed by atoms with Gasteiger partial charge in [-0.1, -0.05) is 73.9 Å². The molecule has 0 aliphatic carbocycles. The van der Waals surface area contributed by atoms with Gasteiger partial charge in [0, 0.05) is 34.6 Å². The van der Waals surface area contributed by atoms with Crippen molar-refractivity contribution in [1.82, 2.24) is 9.97 Å². The maximum atomic E-state index is 13.0. The van der Waals surface area contributed by atoms with Gasteiger partial charge in [0.2, 0.25) is 0 Å². The fourth-order valence-electron chi connectivity index (χ4n) is 3.63. The van der Waals surface area contributed by atoms with Crippen LogP contribution in [0.5, 0.6) is 5.75 Å². The Kier molecular flexibility index (Phi) is 7.59. The number of benzene rings is 2. The van der Waals surface area contributed by atoms with Gasteiger partial charge >= 0.3 is 15.6 Å². The average molecular weight is 535 g/mol. The summed E-state index contributed by atoms with van der Waals surface area (Å²) in [6.45, 7) is 7.42. The minimum absolute atomic E-state index is 0.336. The van der Waals surface area contributed by atoms with Crippen molar-refractivity contribution in [3.05, 3.63) is 122 Å². The lowest BCUT2D eigenvalue weighted by Gasteiger charge is -2.13. The van der Waals surface area contributed by atoms with Crippen LogP contribution in [0.15, 0.2) is 117 Å². The minimum Gasteiger partial charge on any atom is -0.376 e. The summed E-state index contributed by atoms with van der Waals surface area (Å²) in [5.41, 5.74) is -0.823. The van der Waals surface area contributed by atoms with Crippen LogP contribution in [0.3, 0.4) is 0 Å². The quantitative estimate of drug-likeness (QED) is 0.133. The molecule has 2 aromatic heterocycles. The van der Waals surface area contributed by atoms with Crippen molar-refractivity contribution in [1.29, 1.82) is 0 Å². The number of pyridine rings is 2. The van der Waals surface area contributed by atoms with Gasteiger partial charge in [0.25, 0.3) is 0 Å². The Labute approximate surface area is 218 Å². The third kappa shape index (κ3) is 5.90. The smallest absolute Gasteiger partial charge is 0.376 e. The van der Waals surface area contributed by atoms with Crippen molar-refractivity contribution in [2.24, 2.45) is 0 Å². The molecule has 0 unspecified atom stereocenters. The van der Waals surface area contributed by atoms with Gasteiger partial charge in [-0.3, -0.25) is 9.97 Å². The number of nitrogens with zero attached hydrogens (tertiary/aromatic N) is 2. The van der Waals surface area contributed by atoms with Gasteiger partial charge in [0.1, 0.15) is 5.75 Å². The van der Waals surface area contributed by atoms with Crippen LogP contribution in [0.25, 0.3) is 39.2 Å². The van der Waals surface area contributed by atoms with Gasteiger partial charge in [0.05, 0.1) is 11.4 Å². The summed E-state index contributed by atoms with van der Waals surface area (Å²) in [6.07, 6.45) is 8.19. The predicted molar refractivity (Wildman–Crippen MR) is 142 cm³/mol. The lowest BCUT2D eigenvalue weighted by atomic mass is 10.0. The Morgan fingerprint density at radius 2 is 1.42 bits per heavy atom. The highest BCUT2D eigenvalue weighted by Gasteiger charge is 2.48. The molecule has 4 aromatic rings. The van der Waals surface area contributed by atoms with E-state index >= 15 is 0 Å². The van der Waals surface area contributed by atoms with E-state index in [-0.39, 0.29) is 0 Å². The second-order valence-electron chi connectivity index (χ2n) is 8.02. The van der Waals surface area contributed by atoms with E-state index < -0.39 is 21.4 Å². The first-order valence-electron chi connectivity index (χ1n) is 11.2. The number of rotatable bonds is 8. The van der Waals surface area contributed by atoms with Crippen molar-refractivity contribution in [3.63, 3.8) is 0 Å². The predicted octanol–water partition coefficient (Wildman–Crippen LogP) is 7.46. The number of hydrogen-bond acceptors (Lipinski definition) is 5. The summed E-state index contributed by atoms with van der Waals surface area (Å²) in [4.78, 5) is 8.84. The molecule has 0 bridgehead atoms. The lowest BCUT2D eigenvalue weighted by Crippen LogP contribution is -2.28. The number of halogens is 3. The van der Waals surface area contributed by atoms with Crippen molar-refractivity contribution in [2.45, 2.75) is 5.51 Å². The van der Waals surface area contributed by atoms with Crippen LogP contribution in [-0.2, 0) is 10.1 Å². The van der Waals surface area contributed by atoms with Crippen molar-refractivity contribution >= 4 is 15.7 Å². The van der Waals surface area contributed by atoms with Gasteiger partial charge in [-0.15, -0.1) is 0 Å². The Bertz CT molecular complexity index is 1600. The molecule has 2 heterocycles. The van der Waals surface area contributed by atoms with E-state index in [9.17, 15) is 21.6 Å². The summed E-state index contributed by atoms with van der Waals surface area (Å²) >= 11 is 0. The molecule has 0 atom stereocenters. The second kappa shape index (κ2) is 10.9. The molecule has 0 amide bonds. The molecule has 4 rings (SSSR count). The van der Waals surface area contributed by atoms with Gasteiger partial charge in [-0.2, -0.15) is 21.6 Å². The van der Waals surface area contributed by atoms with Crippen molar-refractivity contribution < 1.29 is 25.8 Å². The van der Waals surface area contributed by atoms with E-state index in [1.165, 1.54) is 12.1 Å². The first kappa shape index (κ1) is 26.6. The molecular formula is C29H21F3N2O3S. The zero-order valence-corrected chi connectivity index (χ0v) is 20.7. The Balaban J connectivity index is 1.78. The molecule has 0 fully saturated rings. The van der Waals surface area contributed by atoms with E-state index in [2.05, 4.69) is 27.3 Å². The van der Waals surface area contributed by atoms with Gasteiger partial charge in [-0.25, -0.2) is 0 Å². The monoisotopic (exact) mass is 534 g/mol. The molecule has 0 saturated carbocycles. The maximum Gasteiger partial charge on any atom is 0.534 e. The second-order valence-corrected chi connectivity index (χ2v) is 9.56. The van der Waals surface area contributed by atoms with Crippen LogP contribution >= 0.6 is 0 Å². The summed E-state index contributed by atoms with van der Waals surface area (Å²) in [7, 11) is -5.89. The summed E-state index contributed by atoms with van der Waals surface area (Å²) in [5, 5.41) is 0. The minimum atomic E-state index is -5.89. The molecular weight excluding hydrogens is 513 g/mol. The van der Waals surface area contributed by atoms with Crippen molar-refractivity contribution in [2.75, 3.05) is 0 Å². The molecule has 0 saturated heterocycles. The van der Waals surface area contributed by atoms with E-state index in [0.29, 0.717) is 22.5 Å². The van der Waals surface area contributed by atoms with Crippen molar-refractivity contribution in [3.8, 4) is 39.4 Å². The zero-order chi connectivity index (χ0) is 27.3. The molecule has 0 radical (unpaired) electrons. The molecule has 5 nitrogen and oxygen atoms in total. The number of aromatic nitrogens is 2. The molecule has 9 heteroatoms. The Hall–Kier alpha value is -4.50. The number of allylic oxidation sites excluding steroid dienone is 4. The maximum absolute atomic E-state index is 13.0. The summed E-state index contributed by atoms with van der Waals surface area (Å²) < 4.78 is 67.0. The SMILES string of the molecule is C=C/C=C(\C=C)c1ccc(-c2cc(OS(=O)(=O)C(F)(F)F)cc(-c3ccc(-c4ccccc4)cn3)c2)nc1. The van der Waals surface area contributed by atoms with Crippen LogP contribution in [0.2, 0.25) is 0 Å². The third-order valence-corrected chi connectivity index (χ3v) is 6.45.